The summed E-state index contributed by atoms with van der Waals surface area (Å²) < 4.78 is 9.29. The first-order chi connectivity index (χ1) is 27.7. The van der Waals surface area contributed by atoms with Crippen LogP contribution in [0.1, 0.15) is 0 Å². The van der Waals surface area contributed by atoms with Crippen LogP contribution in [0.15, 0.2) is 187 Å². The van der Waals surface area contributed by atoms with Gasteiger partial charge in [0.15, 0.2) is 17.5 Å². The molecule has 0 N–H and O–H groups in total. The molecule has 0 spiro atoms. The number of para-hydroxylation sites is 1. The van der Waals surface area contributed by atoms with E-state index in [1.807, 2.05) is 72.1 Å². The first-order valence-corrected chi connectivity index (χ1v) is 19.3. The second-order valence-electron chi connectivity index (χ2n) is 13.8. The van der Waals surface area contributed by atoms with Crippen LogP contribution in [0.2, 0.25) is 0 Å². The van der Waals surface area contributed by atoms with Crippen molar-refractivity contribution in [1.82, 2.24) is 19.9 Å². The van der Waals surface area contributed by atoms with E-state index in [0.29, 0.717) is 17.5 Å². The van der Waals surface area contributed by atoms with Crippen molar-refractivity contribution in [2.75, 3.05) is 0 Å². The Bertz CT molecular complexity index is 3240. The fourth-order valence-electron chi connectivity index (χ4n) is 7.71. The smallest absolute Gasteiger partial charge is 0.164 e. The van der Waals surface area contributed by atoms with Crippen molar-refractivity contribution in [1.29, 1.82) is 0 Å². The molecule has 11 rings (SSSR count). The molecular weight excluding hydrogens is 705 g/mol. The summed E-state index contributed by atoms with van der Waals surface area (Å²) in [6.07, 6.45) is 3.65. The largest absolute Gasteiger partial charge is 0.455 e. The predicted octanol–water partition coefficient (Wildman–Crippen LogP) is 13.5. The molecule has 56 heavy (non-hydrogen) atoms. The number of thiophene rings is 1. The van der Waals surface area contributed by atoms with E-state index in [9.17, 15) is 0 Å². The van der Waals surface area contributed by atoms with Crippen LogP contribution in [0.25, 0.3) is 110 Å². The second-order valence-corrected chi connectivity index (χ2v) is 14.9. The van der Waals surface area contributed by atoms with Gasteiger partial charge >= 0.3 is 0 Å². The van der Waals surface area contributed by atoms with Gasteiger partial charge < -0.3 is 4.42 Å². The average Bonchev–Trinajstić information content (AvgIpc) is 3.85. The molecule has 0 aliphatic rings. The van der Waals surface area contributed by atoms with E-state index in [1.54, 1.807) is 6.20 Å². The highest BCUT2D eigenvalue weighted by atomic mass is 32.1. The summed E-state index contributed by atoms with van der Waals surface area (Å²) in [5.74, 6) is 1.83. The van der Waals surface area contributed by atoms with Gasteiger partial charge in [-0.3, -0.25) is 4.98 Å². The average molecular weight is 735 g/mol. The van der Waals surface area contributed by atoms with E-state index in [1.165, 1.54) is 25.7 Å². The first-order valence-electron chi connectivity index (χ1n) is 18.5. The number of nitrogens with zero attached hydrogens (tertiary/aromatic N) is 4. The Morgan fingerprint density at radius 2 is 1.02 bits per heavy atom. The summed E-state index contributed by atoms with van der Waals surface area (Å²) in [5, 5.41) is 4.79. The first kappa shape index (κ1) is 32.2. The van der Waals surface area contributed by atoms with Gasteiger partial charge in [-0.15, -0.1) is 11.3 Å². The van der Waals surface area contributed by atoms with Crippen molar-refractivity contribution in [2.24, 2.45) is 0 Å². The van der Waals surface area contributed by atoms with E-state index >= 15 is 0 Å². The van der Waals surface area contributed by atoms with Gasteiger partial charge in [-0.25, -0.2) is 15.0 Å². The van der Waals surface area contributed by atoms with Crippen LogP contribution in [-0.4, -0.2) is 19.9 Å². The Labute approximate surface area is 326 Å². The molecule has 0 amide bonds. The highest BCUT2D eigenvalue weighted by molar-refractivity contribution is 7.25. The topological polar surface area (TPSA) is 64.7 Å². The lowest BCUT2D eigenvalue weighted by molar-refractivity contribution is 0.670. The van der Waals surface area contributed by atoms with Crippen LogP contribution < -0.4 is 0 Å². The van der Waals surface area contributed by atoms with Gasteiger partial charge in [-0.2, -0.15) is 0 Å². The molecule has 6 heteroatoms. The molecule has 0 fully saturated rings. The molecular formula is C50H30N4OS. The van der Waals surface area contributed by atoms with Crippen LogP contribution in [0.4, 0.5) is 0 Å². The lowest BCUT2D eigenvalue weighted by Crippen LogP contribution is -2.00. The van der Waals surface area contributed by atoms with Crippen molar-refractivity contribution in [2.45, 2.75) is 0 Å². The zero-order chi connectivity index (χ0) is 37.0. The van der Waals surface area contributed by atoms with Crippen molar-refractivity contribution in [3.8, 4) is 67.5 Å². The summed E-state index contributed by atoms with van der Waals surface area (Å²) in [7, 11) is 0. The minimum absolute atomic E-state index is 0.604. The maximum Gasteiger partial charge on any atom is 0.164 e. The minimum Gasteiger partial charge on any atom is -0.455 e. The number of benzene rings is 7. The van der Waals surface area contributed by atoms with Crippen LogP contribution in [0.5, 0.6) is 0 Å². The van der Waals surface area contributed by atoms with Gasteiger partial charge in [0.2, 0.25) is 0 Å². The van der Waals surface area contributed by atoms with Crippen molar-refractivity contribution >= 4 is 53.4 Å². The molecule has 4 aromatic heterocycles. The van der Waals surface area contributed by atoms with Gasteiger partial charge in [-0.1, -0.05) is 127 Å². The SMILES string of the molecule is c1ccc(-c2nc(-c3ccc(-c4ccc(-c5ccc6sc7ccccc7c6c5)c5c4oc4ccccc45)cc3)nc(-c3cccc(-c4cccnc4)c3)n2)cc1. The number of aromatic nitrogens is 4. The van der Waals surface area contributed by atoms with Crippen LogP contribution >= 0.6 is 11.3 Å². The molecule has 0 bridgehead atoms. The second kappa shape index (κ2) is 13.2. The molecule has 0 aliphatic carbocycles. The lowest BCUT2D eigenvalue weighted by Gasteiger charge is -2.11. The molecule has 5 nitrogen and oxygen atoms in total. The summed E-state index contributed by atoms with van der Waals surface area (Å²) in [6.45, 7) is 0. The standard InChI is InChI=1S/C50H30N4OS/c1-2-10-32(11-3-1)48-52-49(54-50(53-48)36-13-8-12-34(28-36)37-14-9-27-51-30-37)33-21-19-31(20-22-33)39-25-24-38(46-41-16-4-6-17-43(41)55-47(39)46)35-23-26-45-42(29-35)40-15-5-7-18-44(40)56-45/h1-30H. The molecule has 0 saturated heterocycles. The maximum atomic E-state index is 6.69. The van der Waals surface area contributed by atoms with Crippen molar-refractivity contribution in [3.63, 3.8) is 0 Å². The summed E-state index contributed by atoms with van der Waals surface area (Å²) in [6, 6.07) is 59.0. The Morgan fingerprint density at radius 3 is 1.84 bits per heavy atom. The Morgan fingerprint density at radius 1 is 0.393 bits per heavy atom. The number of furan rings is 1. The molecule has 11 aromatic rings. The van der Waals surface area contributed by atoms with E-state index < -0.39 is 0 Å². The number of hydrogen-bond donors (Lipinski definition) is 0. The third kappa shape index (κ3) is 5.54. The molecule has 0 unspecified atom stereocenters. The number of fused-ring (bicyclic) bond motifs is 6. The van der Waals surface area contributed by atoms with E-state index in [4.69, 9.17) is 19.4 Å². The highest BCUT2D eigenvalue weighted by Crippen LogP contribution is 2.44. The van der Waals surface area contributed by atoms with Crippen LogP contribution in [0.3, 0.4) is 0 Å². The molecule has 7 aromatic carbocycles. The zero-order valence-corrected chi connectivity index (χ0v) is 30.7. The van der Waals surface area contributed by atoms with E-state index in [0.717, 1.165) is 66.4 Å². The number of rotatable bonds is 6. The molecule has 0 saturated carbocycles. The number of hydrogen-bond acceptors (Lipinski definition) is 6. The third-order valence-electron chi connectivity index (χ3n) is 10.5. The van der Waals surface area contributed by atoms with Crippen LogP contribution in [-0.2, 0) is 0 Å². The number of pyridine rings is 1. The predicted molar refractivity (Wildman–Crippen MR) is 230 cm³/mol. The Kier molecular flexibility index (Phi) is 7.60. The van der Waals surface area contributed by atoms with Gasteiger partial charge in [-0.05, 0) is 64.7 Å². The normalized spacial score (nSPS) is 11.6. The molecule has 0 radical (unpaired) electrons. The molecule has 0 aliphatic heterocycles. The van der Waals surface area contributed by atoms with Gasteiger partial charge in [0.25, 0.3) is 0 Å². The monoisotopic (exact) mass is 734 g/mol. The van der Waals surface area contributed by atoms with E-state index in [2.05, 4.69) is 120 Å². The van der Waals surface area contributed by atoms with E-state index in [-0.39, 0.29) is 0 Å². The summed E-state index contributed by atoms with van der Waals surface area (Å²) in [5.41, 5.74) is 10.9. The minimum atomic E-state index is 0.604. The Hall–Kier alpha value is -7.28. The van der Waals surface area contributed by atoms with Crippen molar-refractivity contribution in [3.05, 3.63) is 182 Å². The maximum absolute atomic E-state index is 6.69. The highest BCUT2D eigenvalue weighted by Gasteiger charge is 2.19. The lowest BCUT2D eigenvalue weighted by atomic mass is 9.93. The summed E-state index contributed by atoms with van der Waals surface area (Å²) in [4.78, 5) is 19.3. The van der Waals surface area contributed by atoms with Crippen LogP contribution in [0, 0.1) is 0 Å². The third-order valence-corrected chi connectivity index (χ3v) is 11.6. The fraction of sp³-hybridized carbons (Fsp3) is 0. The fourth-order valence-corrected chi connectivity index (χ4v) is 8.80. The molecule has 4 heterocycles. The molecule has 0 atom stereocenters. The van der Waals surface area contributed by atoms with Gasteiger partial charge in [0.1, 0.15) is 11.2 Å². The Balaban J connectivity index is 1.02. The van der Waals surface area contributed by atoms with Gasteiger partial charge in [0, 0.05) is 71.2 Å². The molecule has 262 valence electrons. The zero-order valence-electron chi connectivity index (χ0n) is 29.9. The van der Waals surface area contributed by atoms with Gasteiger partial charge in [0.05, 0.1) is 0 Å². The summed E-state index contributed by atoms with van der Waals surface area (Å²) >= 11 is 1.84. The van der Waals surface area contributed by atoms with Crippen molar-refractivity contribution < 1.29 is 4.42 Å². The quantitative estimate of drug-likeness (QED) is 0.170.